The minimum Gasteiger partial charge on any atom is -0.373 e. The Morgan fingerprint density at radius 1 is 1.26 bits per heavy atom. The summed E-state index contributed by atoms with van der Waals surface area (Å²) in [6.07, 6.45) is 12.6. The van der Waals surface area contributed by atoms with E-state index in [-0.39, 0.29) is 11.6 Å². The van der Waals surface area contributed by atoms with Crippen LogP contribution in [0.15, 0.2) is 18.6 Å². The van der Waals surface area contributed by atoms with Gasteiger partial charge in [0.15, 0.2) is 0 Å². The summed E-state index contributed by atoms with van der Waals surface area (Å²) in [6, 6.07) is 0.124. The first kappa shape index (κ1) is 14.4. The molecule has 1 aliphatic carbocycles. The van der Waals surface area contributed by atoms with Crippen molar-refractivity contribution in [1.29, 1.82) is 0 Å². The smallest absolute Gasteiger partial charge is 0.0892 e. The second-order valence-corrected chi connectivity index (χ2v) is 5.26. The van der Waals surface area contributed by atoms with Crippen LogP contribution in [0.5, 0.6) is 0 Å². The van der Waals surface area contributed by atoms with Crippen molar-refractivity contribution < 1.29 is 4.74 Å². The van der Waals surface area contributed by atoms with E-state index in [1.807, 2.05) is 13.2 Å². The van der Waals surface area contributed by atoms with Gasteiger partial charge in [-0.05, 0) is 26.8 Å². The van der Waals surface area contributed by atoms with Gasteiger partial charge in [-0.2, -0.15) is 0 Å². The molecular weight excluding hydrogens is 238 g/mol. The van der Waals surface area contributed by atoms with Crippen LogP contribution in [0.4, 0.5) is 0 Å². The molecule has 0 saturated heterocycles. The van der Waals surface area contributed by atoms with Gasteiger partial charge in [0.05, 0.1) is 23.5 Å². The Bertz CT molecular complexity index is 361. The maximum absolute atomic E-state index is 6.23. The quantitative estimate of drug-likeness (QED) is 0.830. The molecule has 0 radical (unpaired) electrons. The van der Waals surface area contributed by atoms with E-state index in [0.29, 0.717) is 0 Å². The fourth-order valence-corrected chi connectivity index (χ4v) is 3.27. The van der Waals surface area contributed by atoms with Crippen molar-refractivity contribution in [2.24, 2.45) is 0 Å². The van der Waals surface area contributed by atoms with Gasteiger partial charge in [0.2, 0.25) is 0 Å². The van der Waals surface area contributed by atoms with Crippen LogP contribution in [-0.4, -0.2) is 29.2 Å². The van der Waals surface area contributed by atoms with Gasteiger partial charge in [0.1, 0.15) is 0 Å². The fraction of sp³-hybridized carbons (Fsp3) is 0.733. The Kier molecular flexibility index (Phi) is 5.28. The molecule has 1 aromatic heterocycles. The van der Waals surface area contributed by atoms with Crippen LogP contribution < -0.4 is 5.32 Å². The van der Waals surface area contributed by atoms with Crippen molar-refractivity contribution >= 4 is 0 Å². The predicted molar refractivity (Wildman–Crippen MR) is 75.9 cm³/mol. The Morgan fingerprint density at radius 3 is 2.53 bits per heavy atom. The number of nitrogens with one attached hydrogen (secondary N) is 1. The summed E-state index contributed by atoms with van der Waals surface area (Å²) in [7, 11) is 1.99. The third-order valence-electron chi connectivity index (χ3n) is 4.08. The molecule has 106 valence electrons. The Morgan fingerprint density at radius 2 is 2.00 bits per heavy atom. The van der Waals surface area contributed by atoms with E-state index < -0.39 is 0 Å². The molecule has 4 heteroatoms. The van der Waals surface area contributed by atoms with Crippen molar-refractivity contribution in [2.75, 3.05) is 13.7 Å². The molecule has 19 heavy (non-hydrogen) atoms. The number of hydrogen-bond donors (Lipinski definition) is 1. The lowest BCUT2D eigenvalue weighted by molar-refractivity contribution is -0.0776. The average Bonchev–Trinajstić information content (AvgIpc) is 2.68. The second-order valence-electron chi connectivity index (χ2n) is 5.26. The third-order valence-corrected chi connectivity index (χ3v) is 4.08. The van der Waals surface area contributed by atoms with E-state index in [1.54, 1.807) is 12.4 Å². The SMILES string of the molecule is CCOC1(C(NC)c2cnccn2)CCCCCC1. The van der Waals surface area contributed by atoms with Crippen LogP contribution in [0.3, 0.4) is 0 Å². The molecule has 1 unspecified atom stereocenters. The number of ether oxygens (including phenoxy) is 1. The lowest BCUT2D eigenvalue weighted by atomic mass is 9.84. The predicted octanol–water partition coefficient (Wildman–Crippen LogP) is 2.87. The van der Waals surface area contributed by atoms with Gasteiger partial charge in [-0.15, -0.1) is 0 Å². The van der Waals surface area contributed by atoms with Gasteiger partial charge in [-0.25, -0.2) is 0 Å². The first-order chi connectivity index (χ1) is 9.32. The second kappa shape index (κ2) is 6.96. The van der Waals surface area contributed by atoms with E-state index in [2.05, 4.69) is 22.2 Å². The molecule has 1 fully saturated rings. The van der Waals surface area contributed by atoms with Crippen molar-refractivity contribution in [3.63, 3.8) is 0 Å². The van der Waals surface area contributed by atoms with E-state index in [0.717, 1.165) is 25.1 Å². The van der Waals surface area contributed by atoms with E-state index >= 15 is 0 Å². The summed E-state index contributed by atoms with van der Waals surface area (Å²) < 4.78 is 6.23. The summed E-state index contributed by atoms with van der Waals surface area (Å²) >= 11 is 0. The van der Waals surface area contributed by atoms with Crippen molar-refractivity contribution in [3.05, 3.63) is 24.3 Å². The van der Waals surface area contributed by atoms with E-state index in [4.69, 9.17) is 4.74 Å². The van der Waals surface area contributed by atoms with Gasteiger partial charge < -0.3 is 10.1 Å². The largest absolute Gasteiger partial charge is 0.373 e. The molecule has 1 aliphatic rings. The highest BCUT2D eigenvalue weighted by molar-refractivity contribution is 5.10. The summed E-state index contributed by atoms with van der Waals surface area (Å²) in [6.45, 7) is 2.83. The summed E-state index contributed by atoms with van der Waals surface area (Å²) in [5.41, 5.74) is 0.858. The van der Waals surface area contributed by atoms with Gasteiger partial charge in [0, 0.05) is 19.0 Å². The summed E-state index contributed by atoms with van der Waals surface area (Å²) in [4.78, 5) is 8.68. The lowest BCUT2D eigenvalue weighted by Crippen LogP contribution is -2.45. The van der Waals surface area contributed by atoms with Crippen LogP contribution in [0.25, 0.3) is 0 Å². The van der Waals surface area contributed by atoms with Crippen LogP contribution >= 0.6 is 0 Å². The molecule has 4 nitrogen and oxygen atoms in total. The van der Waals surface area contributed by atoms with E-state index in [9.17, 15) is 0 Å². The fourth-order valence-electron chi connectivity index (χ4n) is 3.27. The van der Waals surface area contributed by atoms with Crippen molar-refractivity contribution in [3.8, 4) is 0 Å². The maximum Gasteiger partial charge on any atom is 0.0892 e. The summed E-state index contributed by atoms with van der Waals surface area (Å²) in [5.74, 6) is 0. The number of likely N-dealkylation sites (N-methyl/N-ethyl adjacent to an activating group) is 1. The number of nitrogens with zero attached hydrogens (tertiary/aromatic N) is 2. The first-order valence-electron chi connectivity index (χ1n) is 7.39. The molecule has 0 spiro atoms. The molecule has 1 saturated carbocycles. The molecule has 1 aromatic rings. The van der Waals surface area contributed by atoms with Gasteiger partial charge >= 0.3 is 0 Å². The van der Waals surface area contributed by atoms with Gasteiger partial charge in [0.25, 0.3) is 0 Å². The first-order valence-corrected chi connectivity index (χ1v) is 7.39. The van der Waals surface area contributed by atoms with Crippen molar-refractivity contribution in [1.82, 2.24) is 15.3 Å². The Hall–Kier alpha value is -1.00. The molecule has 0 aliphatic heterocycles. The molecular formula is C15H25N3O. The van der Waals surface area contributed by atoms with Gasteiger partial charge in [-0.3, -0.25) is 9.97 Å². The number of rotatable bonds is 5. The summed E-state index contributed by atoms with van der Waals surface area (Å²) in [5, 5.41) is 3.41. The van der Waals surface area contributed by atoms with Crippen LogP contribution in [-0.2, 0) is 4.74 Å². The molecule has 0 amide bonds. The van der Waals surface area contributed by atoms with E-state index in [1.165, 1.54) is 25.7 Å². The third kappa shape index (κ3) is 3.31. The molecule has 0 aromatic carbocycles. The molecule has 1 atom stereocenters. The van der Waals surface area contributed by atoms with Crippen LogP contribution in [0, 0.1) is 0 Å². The van der Waals surface area contributed by atoms with Crippen LogP contribution in [0.1, 0.15) is 57.2 Å². The highest BCUT2D eigenvalue weighted by Crippen LogP contribution is 2.39. The average molecular weight is 263 g/mol. The Labute approximate surface area is 116 Å². The molecule has 2 rings (SSSR count). The topological polar surface area (TPSA) is 47.0 Å². The maximum atomic E-state index is 6.23. The zero-order chi connectivity index (χ0) is 13.6. The molecule has 0 bridgehead atoms. The lowest BCUT2D eigenvalue weighted by Gasteiger charge is -2.39. The van der Waals surface area contributed by atoms with Crippen molar-refractivity contribution in [2.45, 2.75) is 57.1 Å². The zero-order valence-electron chi connectivity index (χ0n) is 12.1. The monoisotopic (exact) mass is 263 g/mol. The normalized spacial score (nSPS) is 20.7. The van der Waals surface area contributed by atoms with Gasteiger partial charge in [-0.1, -0.05) is 25.7 Å². The number of hydrogen-bond acceptors (Lipinski definition) is 4. The van der Waals surface area contributed by atoms with Crippen LogP contribution in [0.2, 0.25) is 0 Å². The standard InChI is InChI=1S/C15H25N3O/c1-3-19-15(8-6-4-5-7-9-15)14(16-2)13-12-17-10-11-18-13/h10-12,14,16H,3-9H2,1-2H3. The minimum absolute atomic E-state index is 0.124. The molecule has 1 heterocycles. The Balaban J connectivity index is 2.29. The minimum atomic E-state index is -0.129. The highest BCUT2D eigenvalue weighted by atomic mass is 16.5. The molecule has 1 N–H and O–H groups in total. The number of aromatic nitrogens is 2. The highest BCUT2D eigenvalue weighted by Gasteiger charge is 2.40. The zero-order valence-corrected chi connectivity index (χ0v) is 12.1.